The van der Waals surface area contributed by atoms with E-state index in [1.165, 1.54) is 0 Å². The number of hydrogen-bond acceptors (Lipinski definition) is 5. The lowest BCUT2D eigenvalue weighted by molar-refractivity contribution is -0.120. The second kappa shape index (κ2) is 6.98. The maximum atomic E-state index is 13.1. The van der Waals surface area contributed by atoms with E-state index in [4.69, 9.17) is 12.2 Å². The van der Waals surface area contributed by atoms with Gasteiger partial charge in [0.1, 0.15) is 0 Å². The molecule has 128 valence electrons. The van der Waals surface area contributed by atoms with E-state index in [2.05, 4.69) is 9.97 Å². The first-order valence-electron chi connectivity index (χ1n) is 6.25. The molecular formula is C12H10F2N4O4S2. The quantitative estimate of drug-likeness (QED) is 0.440. The van der Waals surface area contributed by atoms with Crippen molar-refractivity contribution in [3.8, 4) is 0 Å². The van der Waals surface area contributed by atoms with Crippen molar-refractivity contribution in [3.05, 3.63) is 56.7 Å². The molecule has 0 aliphatic carbocycles. The fourth-order valence-corrected chi connectivity index (χ4v) is 2.76. The zero-order valence-corrected chi connectivity index (χ0v) is 13.4. The third-order valence-corrected chi connectivity index (χ3v) is 4.14. The van der Waals surface area contributed by atoms with Crippen LogP contribution in [-0.2, 0) is 21.2 Å². The Bertz CT molecular complexity index is 972. The number of rotatable bonds is 5. The highest BCUT2D eigenvalue weighted by atomic mass is 32.2. The first-order chi connectivity index (χ1) is 11.2. The van der Waals surface area contributed by atoms with Crippen LogP contribution in [-0.4, -0.2) is 24.3 Å². The Kier molecular flexibility index (Phi) is 5.21. The summed E-state index contributed by atoms with van der Waals surface area (Å²) in [5.41, 5.74) is 1.52. The molecule has 0 spiro atoms. The molecule has 2 rings (SSSR count). The minimum atomic E-state index is -4.29. The number of benzene rings is 1. The summed E-state index contributed by atoms with van der Waals surface area (Å²) in [4.78, 5) is 28.9. The molecule has 8 nitrogen and oxygen atoms in total. The topological polar surface area (TPSA) is 124 Å². The summed E-state index contributed by atoms with van der Waals surface area (Å²) >= 11 is 4.73. The van der Waals surface area contributed by atoms with Gasteiger partial charge in [0.05, 0.1) is 11.3 Å². The van der Waals surface area contributed by atoms with Crippen LogP contribution in [0.15, 0.2) is 34.0 Å². The van der Waals surface area contributed by atoms with Crippen molar-refractivity contribution in [2.45, 2.75) is 11.3 Å². The van der Waals surface area contributed by atoms with Crippen molar-refractivity contribution in [1.29, 1.82) is 0 Å². The molecule has 2 aromatic rings. The average molecular weight is 376 g/mol. The number of amides is 1. The van der Waals surface area contributed by atoms with Crippen molar-refractivity contribution in [1.82, 2.24) is 20.2 Å². The second-order valence-corrected chi connectivity index (χ2v) is 6.61. The summed E-state index contributed by atoms with van der Waals surface area (Å²) in [6, 6.07) is 3.03. The van der Waals surface area contributed by atoms with E-state index in [0.29, 0.717) is 12.1 Å². The molecule has 1 amide bonds. The molecule has 0 atom stereocenters. The van der Waals surface area contributed by atoms with E-state index < -0.39 is 38.0 Å². The van der Waals surface area contributed by atoms with Crippen molar-refractivity contribution in [2.75, 3.05) is 0 Å². The molecule has 4 N–H and O–H groups in total. The van der Waals surface area contributed by atoms with Gasteiger partial charge in [0.2, 0.25) is 5.91 Å². The number of halogens is 2. The molecule has 0 bridgehead atoms. The van der Waals surface area contributed by atoms with Gasteiger partial charge in [-0.05, 0) is 30.4 Å². The van der Waals surface area contributed by atoms with E-state index in [0.717, 1.165) is 12.1 Å². The van der Waals surface area contributed by atoms with Crippen LogP contribution in [0.4, 0.5) is 8.78 Å². The maximum absolute atomic E-state index is 13.1. The Morgan fingerprint density at radius 3 is 2.50 bits per heavy atom. The van der Waals surface area contributed by atoms with E-state index in [-0.39, 0.29) is 16.9 Å². The molecule has 0 radical (unpaired) electrons. The van der Waals surface area contributed by atoms with Gasteiger partial charge in [0, 0.05) is 11.8 Å². The fourth-order valence-electron chi connectivity index (χ4n) is 1.66. The third-order valence-electron chi connectivity index (χ3n) is 2.69. The Morgan fingerprint density at radius 1 is 1.17 bits per heavy atom. The lowest BCUT2D eigenvalue weighted by atomic mass is 10.3. The van der Waals surface area contributed by atoms with Crippen molar-refractivity contribution < 1.29 is 22.0 Å². The van der Waals surface area contributed by atoms with Crippen molar-refractivity contribution >= 4 is 28.1 Å². The number of carbonyl (C=O) groups excluding carboxylic acids is 1. The summed E-state index contributed by atoms with van der Waals surface area (Å²) < 4.78 is 49.6. The van der Waals surface area contributed by atoms with Crippen LogP contribution in [0.25, 0.3) is 0 Å². The Balaban J connectivity index is 2.05. The molecule has 1 aromatic carbocycles. The summed E-state index contributed by atoms with van der Waals surface area (Å²) in [5, 5.41) is 0. The summed E-state index contributed by atoms with van der Waals surface area (Å²) in [7, 11) is -4.29. The summed E-state index contributed by atoms with van der Waals surface area (Å²) in [6.45, 7) is 0. The van der Waals surface area contributed by atoms with Gasteiger partial charge in [-0.15, -0.1) is 4.83 Å². The van der Waals surface area contributed by atoms with Crippen LogP contribution in [0.3, 0.4) is 0 Å². The smallest absolute Gasteiger partial charge is 0.257 e. The normalized spacial score (nSPS) is 11.2. The van der Waals surface area contributed by atoms with Gasteiger partial charge in [-0.1, -0.05) is 0 Å². The SMILES string of the molecule is O=C(Cc1cc(=O)[nH]c(=S)[nH]1)NNS(=O)(=O)c1ccc(F)c(F)c1. The van der Waals surface area contributed by atoms with Gasteiger partial charge >= 0.3 is 0 Å². The minimum Gasteiger partial charge on any atom is -0.335 e. The third kappa shape index (κ3) is 4.53. The second-order valence-electron chi connectivity index (χ2n) is 4.52. The molecule has 1 heterocycles. The number of sulfonamides is 1. The molecule has 0 saturated carbocycles. The highest BCUT2D eigenvalue weighted by Gasteiger charge is 2.17. The number of hydrogen-bond donors (Lipinski definition) is 4. The summed E-state index contributed by atoms with van der Waals surface area (Å²) in [5.74, 6) is -3.36. The first-order valence-corrected chi connectivity index (χ1v) is 8.15. The Morgan fingerprint density at radius 2 is 1.88 bits per heavy atom. The van der Waals surface area contributed by atoms with Gasteiger partial charge in [-0.3, -0.25) is 20.0 Å². The molecular weight excluding hydrogens is 366 g/mol. The van der Waals surface area contributed by atoms with Crippen LogP contribution in [0.2, 0.25) is 0 Å². The molecule has 1 aromatic heterocycles. The number of H-pyrrole nitrogens is 2. The predicted octanol–water partition coefficient (Wildman–Crippen LogP) is 0.263. The summed E-state index contributed by atoms with van der Waals surface area (Å²) in [6.07, 6.45) is -0.367. The van der Waals surface area contributed by atoms with E-state index in [1.54, 1.807) is 4.83 Å². The van der Waals surface area contributed by atoms with Crippen LogP contribution in [0.5, 0.6) is 0 Å². The Hall–Kier alpha value is -2.44. The molecule has 0 aliphatic rings. The van der Waals surface area contributed by atoms with Crippen LogP contribution < -0.4 is 15.8 Å². The first kappa shape index (κ1) is 17.9. The van der Waals surface area contributed by atoms with Crippen LogP contribution >= 0.6 is 12.2 Å². The average Bonchev–Trinajstić information content (AvgIpc) is 2.47. The minimum absolute atomic E-state index is 0.00710. The number of carbonyl (C=O) groups is 1. The zero-order valence-electron chi connectivity index (χ0n) is 11.7. The van der Waals surface area contributed by atoms with E-state index in [9.17, 15) is 26.8 Å². The molecule has 0 saturated heterocycles. The number of aromatic nitrogens is 2. The largest absolute Gasteiger partial charge is 0.335 e. The number of aromatic amines is 2. The molecule has 0 aliphatic heterocycles. The number of hydrazine groups is 1. The van der Waals surface area contributed by atoms with Crippen LogP contribution in [0.1, 0.15) is 5.69 Å². The highest BCUT2D eigenvalue weighted by molar-refractivity contribution is 7.89. The van der Waals surface area contributed by atoms with E-state index in [1.807, 2.05) is 5.43 Å². The molecule has 0 unspecified atom stereocenters. The Labute approximate surface area is 139 Å². The van der Waals surface area contributed by atoms with Gasteiger partial charge in [0.15, 0.2) is 16.4 Å². The van der Waals surface area contributed by atoms with Gasteiger partial charge < -0.3 is 4.98 Å². The highest BCUT2D eigenvalue weighted by Crippen LogP contribution is 2.13. The lowest BCUT2D eigenvalue weighted by Gasteiger charge is -2.08. The molecule has 24 heavy (non-hydrogen) atoms. The fraction of sp³-hybridized carbons (Fsp3) is 0.0833. The molecule has 12 heteroatoms. The molecule has 0 fully saturated rings. The predicted molar refractivity (Wildman–Crippen MR) is 80.8 cm³/mol. The van der Waals surface area contributed by atoms with Crippen molar-refractivity contribution in [2.24, 2.45) is 0 Å². The van der Waals surface area contributed by atoms with Crippen LogP contribution in [0, 0.1) is 16.4 Å². The van der Waals surface area contributed by atoms with Gasteiger partial charge in [-0.25, -0.2) is 17.2 Å². The van der Waals surface area contributed by atoms with E-state index >= 15 is 0 Å². The number of nitrogens with one attached hydrogen (secondary N) is 4. The van der Waals surface area contributed by atoms with Crippen molar-refractivity contribution in [3.63, 3.8) is 0 Å². The lowest BCUT2D eigenvalue weighted by Crippen LogP contribution is -2.42. The zero-order chi connectivity index (χ0) is 17.9. The van der Waals surface area contributed by atoms with Gasteiger partial charge in [-0.2, -0.15) is 0 Å². The standard InChI is InChI=1S/C12H10F2N4O4S2/c13-8-2-1-7(5-9(8)14)24(21,22)18-17-11(20)4-6-3-10(19)16-12(23)15-6/h1-3,5,18H,4H2,(H,17,20)(H2,15,16,19,23). The van der Waals surface area contributed by atoms with Gasteiger partial charge in [0.25, 0.3) is 15.6 Å². The maximum Gasteiger partial charge on any atom is 0.257 e. The monoisotopic (exact) mass is 376 g/mol.